The predicted molar refractivity (Wildman–Crippen MR) is 153 cm³/mol. The lowest BCUT2D eigenvalue weighted by Gasteiger charge is -2.40. The van der Waals surface area contributed by atoms with Gasteiger partial charge in [0.15, 0.2) is 0 Å². The Morgan fingerprint density at radius 3 is 2.17 bits per heavy atom. The lowest BCUT2D eigenvalue weighted by Crippen LogP contribution is -2.43. The molecule has 1 N–H and O–H groups in total. The van der Waals surface area contributed by atoms with Crippen LogP contribution in [0, 0.1) is 12.8 Å². The molecule has 0 saturated heterocycles. The summed E-state index contributed by atoms with van der Waals surface area (Å²) in [6, 6.07) is 10.6. The van der Waals surface area contributed by atoms with Crippen LogP contribution in [0.5, 0.6) is 0 Å². The third-order valence-corrected chi connectivity index (χ3v) is 6.39. The lowest BCUT2D eigenvalue weighted by molar-refractivity contribution is -0.136. The Morgan fingerprint density at radius 1 is 1.00 bits per heavy atom. The molecule has 9 nitrogen and oxygen atoms in total. The Balaban J connectivity index is 2.31. The van der Waals surface area contributed by atoms with Gasteiger partial charge in [0, 0.05) is 23.9 Å². The van der Waals surface area contributed by atoms with Crippen LogP contribution in [0.2, 0.25) is 0 Å². The maximum Gasteiger partial charge on any atom is 0.407 e. The highest BCUT2D eigenvalue weighted by Crippen LogP contribution is 2.43. The Kier molecular flexibility index (Phi) is 9.50. The first kappa shape index (κ1) is 30.5. The van der Waals surface area contributed by atoms with Crippen molar-refractivity contribution in [3.05, 3.63) is 70.1 Å². The SMILES string of the molecule is COC(=O)C1=C(c2ccc(C)cc2)C(CNC(=O)OC(C)(C)C)=C(CC(C)C)N(c2ccc(C(=O)OC)o2)C1C. The van der Waals surface area contributed by atoms with E-state index in [1.807, 2.05) is 43.0 Å². The molecule has 0 radical (unpaired) electrons. The van der Waals surface area contributed by atoms with Crippen molar-refractivity contribution in [2.75, 3.05) is 25.7 Å². The Hall–Kier alpha value is -4.01. The molecule has 216 valence electrons. The summed E-state index contributed by atoms with van der Waals surface area (Å²) in [6.07, 6.45) is 0.0104. The molecule has 40 heavy (non-hydrogen) atoms. The predicted octanol–water partition coefficient (Wildman–Crippen LogP) is 6.03. The molecule has 2 aromatic rings. The summed E-state index contributed by atoms with van der Waals surface area (Å²) in [5.41, 5.74) is 3.84. The number of amides is 1. The fourth-order valence-corrected chi connectivity index (χ4v) is 4.72. The fourth-order valence-electron chi connectivity index (χ4n) is 4.72. The van der Waals surface area contributed by atoms with Gasteiger partial charge in [-0.2, -0.15) is 0 Å². The highest BCUT2D eigenvalue weighted by molar-refractivity contribution is 6.05. The molecule has 2 heterocycles. The van der Waals surface area contributed by atoms with Crippen molar-refractivity contribution in [3.63, 3.8) is 0 Å². The van der Waals surface area contributed by atoms with Gasteiger partial charge in [0.05, 0.1) is 25.8 Å². The number of nitrogens with zero attached hydrogens (tertiary/aromatic N) is 1. The molecule has 0 bridgehead atoms. The van der Waals surface area contributed by atoms with E-state index in [-0.39, 0.29) is 18.2 Å². The van der Waals surface area contributed by atoms with Crippen molar-refractivity contribution in [1.29, 1.82) is 0 Å². The van der Waals surface area contributed by atoms with Crippen LogP contribution in [0.25, 0.3) is 5.57 Å². The van der Waals surface area contributed by atoms with Gasteiger partial charge in [-0.1, -0.05) is 43.7 Å². The molecule has 0 saturated carbocycles. The van der Waals surface area contributed by atoms with Crippen LogP contribution in [0.4, 0.5) is 10.7 Å². The van der Waals surface area contributed by atoms with Crippen molar-refractivity contribution >= 4 is 29.5 Å². The molecule has 1 aromatic heterocycles. The number of methoxy groups -OCH3 is 2. The van der Waals surface area contributed by atoms with Gasteiger partial charge >= 0.3 is 18.0 Å². The third-order valence-electron chi connectivity index (χ3n) is 6.39. The minimum absolute atomic E-state index is 0.0370. The van der Waals surface area contributed by atoms with Crippen LogP contribution < -0.4 is 10.2 Å². The number of carbonyl (C=O) groups is 3. The van der Waals surface area contributed by atoms with E-state index in [1.54, 1.807) is 26.8 Å². The average Bonchev–Trinajstić information content (AvgIpc) is 3.36. The summed E-state index contributed by atoms with van der Waals surface area (Å²) < 4.78 is 21.6. The van der Waals surface area contributed by atoms with Crippen molar-refractivity contribution in [2.24, 2.45) is 5.92 Å². The molecular weight excluding hydrogens is 512 g/mol. The first-order chi connectivity index (χ1) is 18.8. The number of ether oxygens (including phenoxy) is 3. The summed E-state index contributed by atoms with van der Waals surface area (Å²) in [7, 11) is 2.62. The molecule has 3 rings (SSSR count). The number of benzene rings is 1. The number of hydrogen-bond acceptors (Lipinski definition) is 8. The van der Waals surface area contributed by atoms with Gasteiger partial charge < -0.3 is 28.8 Å². The number of alkyl carbamates (subject to hydrolysis) is 1. The number of nitrogens with one attached hydrogen (secondary N) is 1. The van der Waals surface area contributed by atoms with E-state index in [2.05, 4.69) is 19.2 Å². The number of allylic oxidation sites excluding steroid dienone is 1. The molecule has 1 aliphatic rings. The van der Waals surface area contributed by atoms with Crippen LogP contribution in [0.15, 0.2) is 57.7 Å². The van der Waals surface area contributed by atoms with Crippen LogP contribution in [0.1, 0.15) is 69.6 Å². The van der Waals surface area contributed by atoms with Crippen molar-refractivity contribution in [2.45, 2.75) is 66.5 Å². The summed E-state index contributed by atoms with van der Waals surface area (Å²) in [5.74, 6) is -0.514. The lowest BCUT2D eigenvalue weighted by atomic mass is 9.82. The smallest absolute Gasteiger partial charge is 0.407 e. The van der Waals surface area contributed by atoms with Gasteiger partial charge in [-0.15, -0.1) is 0 Å². The zero-order chi connectivity index (χ0) is 29.8. The van der Waals surface area contributed by atoms with Crippen LogP contribution in [-0.2, 0) is 19.0 Å². The number of aryl methyl sites for hydroxylation is 1. The van der Waals surface area contributed by atoms with E-state index < -0.39 is 29.7 Å². The number of rotatable bonds is 8. The van der Waals surface area contributed by atoms with E-state index in [0.717, 1.165) is 22.4 Å². The largest absolute Gasteiger partial charge is 0.466 e. The maximum atomic E-state index is 13.4. The van der Waals surface area contributed by atoms with Crippen LogP contribution >= 0.6 is 0 Å². The highest BCUT2D eigenvalue weighted by Gasteiger charge is 2.39. The second-order valence-corrected chi connectivity index (χ2v) is 11.2. The topological polar surface area (TPSA) is 107 Å². The maximum absolute atomic E-state index is 13.4. The molecule has 1 amide bonds. The second-order valence-electron chi connectivity index (χ2n) is 11.2. The first-order valence-electron chi connectivity index (χ1n) is 13.3. The summed E-state index contributed by atoms with van der Waals surface area (Å²) in [4.78, 5) is 40.3. The van der Waals surface area contributed by atoms with Gasteiger partial charge in [-0.25, -0.2) is 14.4 Å². The monoisotopic (exact) mass is 552 g/mol. The molecule has 1 atom stereocenters. The van der Waals surface area contributed by atoms with E-state index >= 15 is 0 Å². The molecule has 9 heteroatoms. The van der Waals surface area contributed by atoms with Gasteiger partial charge in [-0.05, 0) is 64.2 Å². The number of anilines is 1. The van der Waals surface area contributed by atoms with Crippen LogP contribution in [-0.4, -0.2) is 50.4 Å². The van der Waals surface area contributed by atoms with E-state index in [4.69, 9.17) is 18.6 Å². The van der Waals surface area contributed by atoms with Gasteiger partial charge in [0.25, 0.3) is 0 Å². The number of esters is 2. The molecule has 0 aliphatic carbocycles. The number of hydrogen-bond donors (Lipinski definition) is 1. The van der Waals surface area contributed by atoms with Gasteiger partial charge in [0.1, 0.15) is 5.60 Å². The number of furan rings is 1. The van der Waals surface area contributed by atoms with E-state index in [9.17, 15) is 14.4 Å². The zero-order valence-electron chi connectivity index (χ0n) is 24.8. The Morgan fingerprint density at radius 2 is 1.62 bits per heavy atom. The second kappa shape index (κ2) is 12.4. The molecule has 1 aliphatic heterocycles. The fraction of sp³-hybridized carbons (Fsp3) is 0.452. The molecule has 1 aromatic carbocycles. The minimum atomic E-state index is -0.683. The van der Waals surface area contributed by atoms with E-state index in [0.29, 0.717) is 23.5 Å². The van der Waals surface area contributed by atoms with Crippen molar-refractivity contribution in [1.82, 2.24) is 5.32 Å². The summed E-state index contributed by atoms with van der Waals surface area (Å²) in [5, 5.41) is 2.88. The standard InChI is InChI=1S/C31H40N2O7/c1-18(2)16-23-22(17-32-30(36)40-31(5,6)7)27(21-12-10-19(3)11-13-21)26(29(35)38-9)20(4)33(23)25-15-14-24(39-25)28(34)37-8/h10-15,18,20H,16-17H2,1-9H3,(H,32,36). The number of carbonyl (C=O) groups excluding carboxylic acids is 3. The van der Waals surface area contributed by atoms with Crippen molar-refractivity contribution in [3.8, 4) is 0 Å². The minimum Gasteiger partial charge on any atom is -0.466 e. The quantitative estimate of drug-likeness (QED) is 0.312. The zero-order valence-corrected chi connectivity index (χ0v) is 24.8. The third kappa shape index (κ3) is 6.94. The summed E-state index contributed by atoms with van der Waals surface area (Å²) in [6.45, 7) is 13.5. The Bertz CT molecular complexity index is 1310. The molecule has 0 fully saturated rings. The van der Waals surface area contributed by atoms with E-state index in [1.165, 1.54) is 20.3 Å². The normalized spacial score (nSPS) is 15.8. The summed E-state index contributed by atoms with van der Waals surface area (Å²) >= 11 is 0. The van der Waals surface area contributed by atoms with Crippen LogP contribution in [0.3, 0.4) is 0 Å². The highest BCUT2D eigenvalue weighted by atomic mass is 16.6. The van der Waals surface area contributed by atoms with Crippen molar-refractivity contribution < 1.29 is 33.0 Å². The molecule has 1 unspecified atom stereocenters. The molecule has 0 spiro atoms. The van der Waals surface area contributed by atoms with Gasteiger partial charge in [-0.3, -0.25) is 0 Å². The molecular formula is C31H40N2O7. The average molecular weight is 553 g/mol. The Labute approximate surface area is 236 Å². The first-order valence-corrected chi connectivity index (χ1v) is 13.3. The van der Waals surface area contributed by atoms with Gasteiger partial charge in [0.2, 0.25) is 11.6 Å².